The second kappa shape index (κ2) is 10.1. The van der Waals surface area contributed by atoms with Crippen molar-refractivity contribution in [1.29, 1.82) is 0 Å². The normalized spacial score (nSPS) is 12.3. The minimum atomic E-state index is -0.175. The number of carbonyl (C=O) groups is 1. The van der Waals surface area contributed by atoms with Crippen LogP contribution >= 0.6 is 23.1 Å². The predicted octanol–water partition coefficient (Wildman–Crippen LogP) is 5.41. The van der Waals surface area contributed by atoms with Crippen LogP contribution < -0.4 is 10.9 Å². The van der Waals surface area contributed by atoms with E-state index in [1.165, 1.54) is 11.8 Å². The Bertz CT molecular complexity index is 1390. The Balaban J connectivity index is 1.48. The first-order valence-corrected chi connectivity index (χ1v) is 13.1. The zero-order valence-electron chi connectivity index (χ0n) is 20.1. The second-order valence-electron chi connectivity index (χ2n) is 8.54. The highest BCUT2D eigenvalue weighted by molar-refractivity contribution is 7.99. The summed E-state index contributed by atoms with van der Waals surface area (Å²) >= 11 is 2.77. The molecule has 3 heterocycles. The van der Waals surface area contributed by atoms with Crippen molar-refractivity contribution in [3.05, 3.63) is 62.5 Å². The number of nitrogens with zero attached hydrogens (tertiary/aromatic N) is 3. The van der Waals surface area contributed by atoms with Crippen molar-refractivity contribution in [3.8, 4) is 5.69 Å². The SMILES string of the molecule is CC[C@H](C)Cc1c(C)sc2nc(SCC(=O)Nc3c(C)nn(-c4ccccc4)c3C)[nH]c(=O)c12. The number of hydrogen-bond donors (Lipinski definition) is 2. The number of thiophene rings is 1. The molecule has 4 aromatic rings. The first kappa shape index (κ1) is 24.2. The smallest absolute Gasteiger partial charge is 0.260 e. The number of benzene rings is 1. The topological polar surface area (TPSA) is 92.7 Å². The number of anilines is 1. The molecule has 1 amide bonds. The quantitative estimate of drug-likeness (QED) is 0.252. The van der Waals surface area contributed by atoms with Crippen LogP contribution in [0.25, 0.3) is 15.9 Å². The molecule has 0 fully saturated rings. The fourth-order valence-electron chi connectivity index (χ4n) is 3.92. The maximum absolute atomic E-state index is 12.9. The lowest BCUT2D eigenvalue weighted by molar-refractivity contribution is -0.113. The minimum absolute atomic E-state index is 0.133. The Hall–Kier alpha value is -2.91. The third-order valence-electron chi connectivity index (χ3n) is 5.99. The lowest BCUT2D eigenvalue weighted by Crippen LogP contribution is -2.16. The molecule has 0 aliphatic heterocycles. The molecule has 0 saturated carbocycles. The molecule has 0 unspecified atom stereocenters. The summed E-state index contributed by atoms with van der Waals surface area (Å²) < 4.78 is 1.82. The van der Waals surface area contributed by atoms with Crippen LogP contribution in [-0.4, -0.2) is 31.4 Å². The molecule has 4 rings (SSSR count). The number of aromatic nitrogens is 4. The molecular formula is C25H29N5O2S2. The second-order valence-corrected chi connectivity index (χ2v) is 10.7. The van der Waals surface area contributed by atoms with Crippen molar-refractivity contribution >= 4 is 44.9 Å². The summed E-state index contributed by atoms with van der Waals surface area (Å²) in [5.41, 5.74) is 4.21. The fourth-order valence-corrected chi connectivity index (χ4v) is 5.69. The third kappa shape index (κ3) is 4.95. The molecule has 1 atom stereocenters. The first-order valence-electron chi connectivity index (χ1n) is 11.3. The van der Waals surface area contributed by atoms with E-state index in [9.17, 15) is 9.59 Å². The molecule has 0 radical (unpaired) electrons. The van der Waals surface area contributed by atoms with Gasteiger partial charge in [0.05, 0.1) is 33.9 Å². The molecule has 178 valence electrons. The van der Waals surface area contributed by atoms with E-state index in [4.69, 9.17) is 0 Å². The van der Waals surface area contributed by atoms with Gasteiger partial charge >= 0.3 is 0 Å². The third-order valence-corrected chi connectivity index (χ3v) is 7.90. The van der Waals surface area contributed by atoms with E-state index in [1.54, 1.807) is 11.3 Å². The van der Waals surface area contributed by atoms with Gasteiger partial charge in [-0.2, -0.15) is 5.10 Å². The molecule has 0 aliphatic rings. The summed E-state index contributed by atoms with van der Waals surface area (Å²) in [5, 5.41) is 8.69. The average Bonchev–Trinajstić information content (AvgIpc) is 3.28. The molecule has 1 aromatic carbocycles. The Morgan fingerprint density at radius 2 is 1.97 bits per heavy atom. The molecule has 0 spiro atoms. The van der Waals surface area contributed by atoms with Crippen molar-refractivity contribution < 1.29 is 4.79 Å². The Kier molecular flexibility index (Phi) is 7.23. The highest BCUT2D eigenvalue weighted by atomic mass is 32.2. The maximum Gasteiger partial charge on any atom is 0.260 e. The molecule has 0 bridgehead atoms. The number of aromatic amines is 1. The monoisotopic (exact) mass is 495 g/mol. The standard InChI is InChI=1S/C25H29N5O2S2/c1-6-14(2)12-19-17(5)34-24-21(19)23(32)27-25(28-24)33-13-20(31)26-22-15(3)29-30(16(22)4)18-10-8-7-9-11-18/h7-11,14H,6,12-13H2,1-5H3,(H,26,31)(H,27,28,32)/t14-/m0/s1. The summed E-state index contributed by atoms with van der Waals surface area (Å²) in [6.07, 6.45) is 1.94. The summed E-state index contributed by atoms with van der Waals surface area (Å²) in [6, 6.07) is 9.80. The average molecular weight is 496 g/mol. The molecule has 34 heavy (non-hydrogen) atoms. The Morgan fingerprint density at radius 3 is 2.68 bits per heavy atom. The highest BCUT2D eigenvalue weighted by Gasteiger charge is 2.18. The van der Waals surface area contributed by atoms with Gasteiger partial charge in [0.15, 0.2) is 5.16 Å². The lowest BCUT2D eigenvalue weighted by Gasteiger charge is -2.08. The number of rotatable bonds is 8. The van der Waals surface area contributed by atoms with E-state index >= 15 is 0 Å². The molecule has 9 heteroatoms. The summed E-state index contributed by atoms with van der Waals surface area (Å²) in [5.74, 6) is 0.465. The number of amides is 1. The van der Waals surface area contributed by atoms with E-state index in [0.29, 0.717) is 22.1 Å². The van der Waals surface area contributed by atoms with Gasteiger partial charge in [-0.05, 0) is 50.8 Å². The number of H-pyrrole nitrogens is 1. The zero-order valence-corrected chi connectivity index (χ0v) is 21.7. The number of para-hydroxylation sites is 1. The van der Waals surface area contributed by atoms with E-state index in [-0.39, 0.29) is 17.2 Å². The highest BCUT2D eigenvalue weighted by Crippen LogP contribution is 2.30. The number of nitrogens with one attached hydrogen (secondary N) is 2. The number of thioether (sulfide) groups is 1. The molecule has 7 nitrogen and oxygen atoms in total. The van der Waals surface area contributed by atoms with E-state index in [0.717, 1.165) is 45.2 Å². The summed E-state index contributed by atoms with van der Waals surface area (Å²) in [4.78, 5) is 34.9. The minimum Gasteiger partial charge on any atom is -0.322 e. The number of carbonyl (C=O) groups excluding carboxylic acids is 1. The van der Waals surface area contributed by atoms with Crippen molar-refractivity contribution in [3.63, 3.8) is 0 Å². The van der Waals surface area contributed by atoms with Gasteiger partial charge in [-0.25, -0.2) is 9.67 Å². The van der Waals surface area contributed by atoms with Crippen LogP contribution in [0.15, 0.2) is 40.3 Å². The summed E-state index contributed by atoms with van der Waals surface area (Å²) in [6.45, 7) is 10.2. The molecule has 2 N–H and O–H groups in total. The van der Waals surface area contributed by atoms with Crippen molar-refractivity contribution in [1.82, 2.24) is 19.7 Å². The van der Waals surface area contributed by atoms with E-state index < -0.39 is 0 Å². The van der Waals surface area contributed by atoms with Gasteiger partial charge in [0.1, 0.15) is 4.83 Å². The number of aryl methyl sites for hydroxylation is 2. The zero-order chi connectivity index (χ0) is 24.4. The maximum atomic E-state index is 12.9. The van der Waals surface area contributed by atoms with Crippen LogP contribution in [0.4, 0.5) is 5.69 Å². The van der Waals surface area contributed by atoms with E-state index in [1.807, 2.05) is 55.8 Å². The van der Waals surface area contributed by atoms with Gasteiger partial charge in [0, 0.05) is 4.88 Å². The van der Waals surface area contributed by atoms with Crippen LogP contribution in [0.3, 0.4) is 0 Å². The largest absolute Gasteiger partial charge is 0.322 e. The first-order chi connectivity index (χ1) is 16.3. The molecular weight excluding hydrogens is 466 g/mol. The number of fused-ring (bicyclic) bond motifs is 1. The van der Waals surface area contributed by atoms with Crippen LogP contribution in [0, 0.1) is 26.7 Å². The van der Waals surface area contributed by atoms with Crippen molar-refractivity contribution in [2.45, 2.75) is 52.6 Å². The van der Waals surface area contributed by atoms with Crippen molar-refractivity contribution in [2.24, 2.45) is 5.92 Å². The lowest BCUT2D eigenvalue weighted by atomic mass is 9.98. The molecule has 3 aromatic heterocycles. The van der Waals surface area contributed by atoms with Crippen molar-refractivity contribution in [2.75, 3.05) is 11.1 Å². The Labute approximate surface area is 207 Å². The van der Waals surface area contributed by atoms with E-state index in [2.05, 4.69) is 34.2 Å². The van der Waals surface area contributed by atoms with Gasteiger partial charge in [-0.15, -0.1) is 11.3 Å². The fraction of sp³-hybridized carbons (Fsp3) is 0.360. The van der Waals surface area contributed by atoms with Gasteiger partial charge < -0.3 is 10.3 Å². The van der Waals surface area contributed by atoms with Crippen LogP contribution in [0.1, 0.15) is 42.1 Å². The van der Waals surface area contributed by atoms with Crippen LogP contribution in [0.5, 0.6) is 0 Å². The molecule has 0 saturated heterocycles. The van der Waals surface area contributed by atoms with Gasteiger partial charge in [-0.1, -0.05) is 50.2 Å². The van der Waals surface area contributed by atoms with Crippen LogP contribution in [-0.2, 0) is 11.2 Å². The molecule has 0 aliphatic carbocycles. The number of hydrogen-bond acceptors (Lipinski definition) is 6. The van der Waals surface area contributed by atoms with Gasteiger partial charge in [0.2, 0.25) is 5.91 Å². The van der Waals surface area contributed by atoms with Crippen LogP contribution in [0.2, 0.25) is 0 Å². The summed E-state index contributed by atoms with van der Waals surface area (Å²) in [7, 11) is 0. The Morgan fingerprint density at radius 1 is 1.24 bits per heavy atom. The predicted molar refractivity (Wildman–Crippen MR) is 141 cm³/mol. The van der Waals surface area contributed by atoms with Gasteiger partial charge in [-0.3, -0.25) is 9.59 Å². The van der Waals surface area contributed by atoms with Gasteiger partial charge in [0.25, 0.3) is 5.56 Å².